The summed E-state index contributed by atoms with van der Waals surface area (Å²) in [6.07, 6.45) is 0. The van der Waals surface area contributed by atoms with Gasteiger partial charge in [-0.25, -0.2) is 0 Å². The molecule has 0 radical (unpaired) electrons. The van der Waals surface area contributed by atoms with Crippen LogP contribution in [0.5, 0.6) is 5.75 Å². The number of carboxylic acids is 2. The van der Waals surface area contributed by atoms with E-state index in [0.717, 1.165) is 0 Å². The van der Waals surface area contributed by atoms with E-state index < -0.39 is 25.0 Å². The number of amides is 1. The van der Waals surface area contributed by atoms with E-state index in [4.69, 9.17) is 19.7 Å². The van der Waals surface area contributed by atoms with Crippen molar-refractivity contribution in [2.75, 3.05) is 50.9 Å². The highest BCUT2D eigenvalue weighted by Gasteiger charge is 2.20. The number of rotatable bonds is 8. The highest BCUT2D eigenvalue weighted by Crippen LogP contribution is 2.28. The van der Waals surface area contributed by atoms with Crippen molar-refractivity contribution in [3.8, 4) is 5.75 Å². The molecular formula is C16H20N2O7. The molecule has 0 bridgehead atoms. The first kappa shape index (κ1) is 18.5. The summed E-state index contributed by atoms with van der Waals surface area (Å²) in [4.78, 5) is 36.9. The van der Waals surface area contributed by atoms with Crippen LogP contribution in [0.3, 0.4) is 0 Å². The lowest BCUT2D eigenvalue weighted by Gasteiger charge is -2.27. The third kappa shape index (κ3) is 5.64. The van der Waals surface area contributed by atoms with Gasteiger partial charge in [-0.3, -0.25) is 14.4 Å². The van der Waals surface area contributed by atoms with E-state index in [1.54, 1.807) is 29.2 Å². The van der Waals surface area contributed by atoms with Crippen LogP contribution in [-0.4, -0.2) is 79.0 Å². The molecule has 1 aromatic rings. The van der Waals surface area contributed by atoms with Crippen LogP contribution in [0.2, 0.25) is 0 Å². The molecule has 2 rings (SSSR count). The van der Waals surface area contributed by atoms with Crippen molar-refractivity contribution in [1.29, 1.82) is 0 Å². The molecule has 2 N–H and O–H groups in total. The van der Waals surface area contributed by atoms with Crippen molar-refractivity contribution in [2.24, 2.45) is 0 Å². The molecule has 9 nitrogen and oxygen atoms in total. The summed E-state index contributed by atoms with van der Waals surface area (Å²) in [5, 5.41) is 18.0. The Morgan fingerprint density at radius 1 is 1.08 bits per heavy atom. The first-order chi connectivity index (χ1) is 12.0. The lowest BCUT2D eigenvalue weighted by molar-refractivity contribution is -0.138. The van der Waals surface area contributed by atoms with Crippen molar-refractivity contribution >= 4 is 23.5 Å². The van der Waals surface area contributed by atoms with Gasteiger partial charge in [-0.15, -0.1) is 0 Å². The summed E-state index contributed by atoms with van der Waals surface area (Å²) >= 11 is 0. The topological polar surface area (TPSA) is 117 Å². The lowest BCUT2D eigenvalue weighted by atomic mass is 10.2. The molecule has 1 saturated heterocycles. The Kier molecular flexibility index (Phi) is 6.58. The predicted molar refractivity (Wildman–Crippen MR) is 86.8 cm³/mol. The lowest BCUT2D eigenvalue weighted by Crippen LogP contribution is -2.43. The molecule has 136 valence electrons. The molecule has 1 aromatic carbocycles. The van der Waals surface area contributed by atoms with E-state index in [1.807, 2.05) is 0 Å². The fourth-order valence-corrected chi connectivity index (χ4v) is 2.44. The average molecular weight is 352 g/mol. The van der Waals surface area contributed by atoms with Gasteiger partial charge < -0.3 is 29.5 Å². The molecule has 0 aromatic heterocycles. The third-order valence-electron chi connectivity index (χ3n) is 3.57. The van der Waals surface area contributed by atoms with E-state index in [1.165, 1.54) is 4.90 Å². The zero-order valence-electron chi connectivity index (χ0n) is 13.6. The normalized spacial score (nSPS) is 14.0. The van der Waals surface area contributed by atoms with Gasteiger partial charge >= 0.3 is 11.9 Å². The molecule has 1 fully saturated rings. The van der Waals surface area contributed by atoms with Gasteiger partial charge in [0.1, 0.15) is 18.8 Å². The van der Waals surface area contributed by atoms with Crippen LogP contribution < -0.4 is 9.64 Å². The average Bonchev–Trinajstić information content (AvgIpc) is 2.59. The molecule has 9 heteroatoms. The number of anilines is 1. The minimum absolute atomic E-state index is 0.207. The van der Waals surface area contributed by atoms with Gasteiger partial charge in [0.2, 0.25) is 0 Å². The second kappa shape index (κ2) is 8.88. The van der Waals surface area contributed by atoms with Gasteiger partial charge in [-0.05, 0) is 12.1 Å². The van der Waals surface area contributed by atoms with E-state index in [9.17, 15) is 14.4 Å². The molecule has 0 saturated carbocycles. The Bertz CT molecular complexity index is 613. The SMILES string of the molecule is O=C(O)CN(CC(=O)O)c1ccccc1OCC(=O)N1CCOCC1. The molecule has 25 heavy (non-hydrogen) atoms. The van der Waals surface area contributed by atoms with Gasteiger partial charge in [-0.2, -0.15) is 0 Å². The predicted octanol–water partition coefficient (Wildman–Crippen LogP) is -0.100. The quantitative estimate of drug-likeness (QED) is 0.666. The van der Waals surface area contributed by atoms with E-state index >= 15 is 0 Å². The minimum atomic E-state index is -1.17. The maximum Gasteiger partial charge on any atom is 0.323 e. The van der Waals surface area contributed by atoms with Crippen molar-refractivity contribution in [2.45, 2.75) is 0 Å². The highest BCUT2D eigenvalue weighted by molar-refractivity contribution is 5.81. The first-order valence-corrected chi connectivity index (χ1v) is 7.73. The molecular weight excluding hydrogens is 332 g/mol. The van der Waals surface area contributed by atoms with Gasteiger partial charge in [0.15, 0.2) is 6.61 Å². The largest absolute Gasteiger partial charge is 0.482 e. The molecule has 0 atom stereocenters. The number of nitrogens with zero attached hydrogens (tertiary/aromatic N) is 2. The smallest absolute Gasteiger partial charge is 0.323 e. The fourth-order valence-electron chi connectivity index (χ4n) is 2.44. The van der Waals surface area contributed by atoms with Crippen LogP contribution in [0.15, 0.2) is 24.3 Å². The van der Waals surface area contributed by atoms with Crippen molar-refractivity contribution in [1.82, 2.24) is 4.90 Å². The Morgan fingerprint density at radius 3 is 2.28 bits per heavy atom. The van der Waals surface area contributed by atoms with Crippen molar-refractivity contribution in [3.05, 3.63) is 24.3 Å². The maximum atomic E-state index is 12.2. The summed E-state index contributed by atoms with van der Waals surface area (Å²) in [6.45, 7) is 0.738. The minimum Gasteiger partial charge on any atom is -0.482 e. The summed E-state index contributed by atoms with van der Waals surface area (Å²) in [5.41, 5.74) is 0.307. The standard InChI is InChI=1S/C16H20N2O7/c19-14(17-5-7-24-8-6-17)11-25-13-4-2-1-3-12(13)18(9-15(20)21)10-16(22)23/h1-4H,5-11H2,(H,20,21)(H,22,23). The third-order valence-corrected chi connectivity index (χ3v) is 3.57. The van der Waals surface area contributed by atoms with Crippen LogP contribution in [-0.2, 0) is 19.1 Å². The van der Waals surface area contributed by atoms with Gasteiger partial charge in [0, 0.05) is 13.1 Å². The van der Waals surface area contributed by atoms with Crippen LogP contribution in [0, 0.1) is 0 Å². The molecule has 0 spiro atoms. The number of carbonyl (C=O) groups is 3. The summed E-state index contributed by atoms with van der Waals surface area (Å²) in [6, 6.07) is 6.43. The maximum absolute atomic E-state index is 12.2. The molecule has 0 unspecified atom stereocenters. The summed E-state index contributed by atoms with van der Waals surface area (Å²) in [7, 11) is 0. The number of ether oxygens (including phenoxy) is 2. The van der Waals surface area contributed by atoms with Crippen LogP contribution in [0.25, 0.3) is 0 Å². The molecule has 1 aliphatic rings. The monoisotopic (exact) mass is 352 g/mol. The number of carbonyl (C=O) groups excluding carboxylic acids is 1. The molecule has 0 aliphatic carbocycles. The number of para-hydroxylation sites is 2. The summed E-state index contributed by atoms with van der Waals surface area (Å²) < 4.78 is 10.7. The Balaban J connectivity index is 2.08. The Labute approximate surface area is 144 Å². The highest BCUT2D eigenvalue weighted by atomic mass is 16.5. The number of hydrogen-bond acceptors (Lipinski definition) is 6. The van der Waals surface area contributed by atoms with Crippen molar-refractivity contribution in [3.63, 3.8) is 0 Å². The molecule has 1 heterocycles. The van der Waals surface area contributed by atoms with E-state index in [0.29, 0.717) is 32.0 Å². The van der Waals surface area contributed by atoms with Crippen LogP contribution in [0.4, 0.5) is 5.69 Å². The van der Waals surface area contributed by atoms with Gasteiger partial charge in [0.05, 0.1) is 18.9 Å². The number of hydrogen-bond donors (Lipinski definition) is 2. The fraction of sp³-hybridized carbons (Fsp3) is 0.438. The van der Waals surface area contributed by atoms with E-state index in [-0.39, 0.29) is 18.3 Å². The number of carboxylic acid groups (broad SMARTS) is 2. The molecule has 1 amide bonds. The Hall–Kier alpha value is -2.81. The first-order valence-electron chi connectivity index (χ1n) is 7.73. The zero-order chi connectivity index (χ0) is 18.2. The van der Waals surface area contributed by atoms with Crippen LogP contribution >= 0.6 is 0 Å². The zero-order valence-corrected chi connectivity index (χ0v) is 13.6. The second-order valence-corrected chi connectivity index (χ2v) is 5.39. The number of benzene rings is 1. The van der Waals surface area contributed by atoms with Gasteiger partial charge in [0.25, 0.3) is 5.91 Å². The van der Waals surface area contributed by atoms with Crippen LogP contribution in [0.1, 0.15) is 0 Å². The summed E-state index contributed by atoms with van der Waals surface area (Å²) in [5.74, 6) is -2.28. The van der Waals surface area contributed by atoms with Crippen molar-refractivity contribution < 1.29 is 34.1 Å². The Morgan fingerprint density at radius 2 is 1.68 bits per heavy atom. The second-order valence-electron chi connectivity index (χ2n) is 5.39. The number of aliphatic carboxylic acids is 2. The number of morpholine rings is 1. The van der Waals surface area contributed by atoms with Gasteiger partial charge in [-0.1, -0.05) is 12.1 Å². The van der Waals surface area contributed by atoms with E-state index in [2.05, 4.69) is 0 Å². The molecule has 1 aliphatic heterocycles.